The van der Waals surface area contributed by atoms with Crippen molar-refractivity contribution in [2.24, 2.45) is 17.4 Å². The zero-order valence-corrected chi connectivity index (χ0v) is 13.1. The van der Waals surface area contributed by atoms with E-state index in [1.165, 1.54) is 13.2 Å². The number of primary amides is 1. The molecule has 0 heterocycles. The zero-order chi connectivity index (χ0) is 16.2. The standard InChI is InChI=1S/C14H21ClN2O4/c1-7(2)12(17)13(19)8-4-9(15)14(10(5-8)20-3)21-6-11(16)18/h4-5,7,12-13,19H,6,17H2,1-3H3,(H2,16,18). The second-order valence-corrected chi connectivity index (χ2v) is 5.46. The fourth-order valence-electron chi connectivity index (χ4n) is 1.78. The van der Waals surface area contributed by atoms with E-state index in [1.54, 1.807) is 6.07 Å². The molecule has 21 heavy (non-hydrogen) atoms. The summed E-state index contributed by atoms with van der Waals surface area (Å²) in [6.45, 7) is 3.51. The van der Waals surface area contributed by atoms with Crippen LogP contribution in [0.5, 0.6) is 11.5 Å². The van der Waals surface area contributed by atoms with Crippen LogP contribution in [-0.4, -0.2) is 30.8 Å². The molecule has 0 saturated carbocycles. The highest BCUT2D eigenvalue weighted by atomic mass is 35.5. The van der Waals surface area contributed by atoms with E-state index in [-0.39, 0.29) is 23.3 Å². The molecule has 1 rings (SSSR count). The first-order chi connectivity index (χ1) is 9.77. The van der Waals surface area contributed by atoms with E-state index in [9.17, 15) is 9.90 Å². The number of carbonyl (C=O) groups is 1. The summed E-state index contributed by atoms with van der Waals surface area (Å²) in [7, 11) is 1.43. The molecule has 0 saturated heterocycles. The van der Waals surface area contributed by atoms with Crippen LogP contribution in [0.25, 0.3) is 0 Å². The van der Waals surface area contributed by atoms with Gasteiger partial charge >= 0.3 is 0 Å². The highest BCUT2D eigenvalue weighted by Crippen LogP contribution is 2.38. The number of aliphatic hydroxyl groups excluding tert-OH is 1. The van der Waals surface area contributed by atoms with E-state index < -0.39 is 18.1 Å². The molecular formula is C14H21ClN2O4. The molecule has 1 aromatic rings. The summed E-state index contributed by atoms with van der Waals surface area (Å²) in [5, 5.41) is 10.5. The van der Waals surface area contributed by atoms with Gasteiger partial charge in [-0.1, -0.05) is 25.4 Å². The Hall–Kier alpha value is -1.50. The lowest BCUT2D eigenvalue weighted by Crippen LogP contribution is -2.33. The number of hydrogen-bond acceptors (Lipinski definition) is 5. The molecule has 1 aromatic carbocycles. The van der Waals surface area contributed by atoms with Gasteiger partial charge in [-0.15, -0.1) is 0 Å². The van der Waals surface area contributed by atoms with Crippen LogP contribution in [-0.2, 0) is 4.79 Å². The van der Waals surface area contributed by atoms with E-state index >= 15 is 0 Å². The predicted molar refractivity (Wildman–Crippen MR) is 80.5 cm³/mol. The third-order valence-electron chi connectivity index (χ3n) is 3.09. The number of carbonyl (C=O) groups excluding carboxylic acids is 1. The first kappa shape index (κ1) is 17.6. The Kier molecular flexibility index (Phi) is 6.26. The fraction of sp³-hybridized carbons (Fsp3) is 0.500. The topological polar surface area (TPSA) is 108 Å². The minimum atomic E-state index is -0.887. The second kappa shape index (κ2) is 7.49. The highest BCUT2D eigenvalue weighted by Gasteiger charge is 2.23. The van der Waals surface area contributed by atoms with Gasteiger partial charge in [0.1, 0.15) is 0 Å². The van der Waals surface area contributed by atoms with Crippen LogP contribution in [0, 0.1) is 5.92 Å². The number of nitrogens with two attached hydrogens (primary N) is 2. The monoisotopic (exact) mass is 316 g/mol. The van der Waals surface area contributed by atoms with E-state index in [0.29, 0.717) is 11.3 Å². The first-order valence-corrected chi connectivity index (χ1v) is 6.87. The quantitative estimate of drug-likeness (QED) is 0.701. The van der Waals surface area contributed by atoms with Crippen molar-refractivity contribution in [3.05, 3.63) is 22.7 Å². The molecule has 7 heteroatoms. The molecular weight excluding hydrogens is 296 g/mol. The van der Waals surface area contributed by atoms with Gasteiger partial charge in [0, 0.05) is 6.04 Å². The molecule has 1 amide bonds. The highest BCUT2D eigenvalue weighted by molar-refractivity contribution is 6.32. The minimum Gasteiger partial charge on any atom is -0.493 e. The predicted octanol–water partition coefficient (Wildman–Crippen LogP) is 1.23. The van der Waals surface area contributed by atoms with Crippen molar-refractivity contribution in [3.63, 3.8) is 0 Å². The molecule has 0 aliphatic carbocycles. The molecule has 0 bridgehead atoms. The van der Waals surface area contributed by atoms with Crippen molar-refractivity contribution in [1.82, 2.24) is 0 Å². The molecule has 0 aromatic heterocycles. The number of benzene rings is 1. The van der Waals surface area contributed by atoms with Crippen LogP contribution in [0.4, 0.5) is 0 Å². The van der Waals surface area contributed by atoms with Crippen LogP contribution in [0.15, 0.2) is 12.1 Å². The summed E-state index contributed by atoms with van der Waals surface area (Å²) >= 11 is 6.12. The van der Waals surface area contributed by atoms with Gasteiger partial charge in [0.15, 0.2) is 18.1 Å². The Labute approximate surface area is 129 Å². The van der Waals surface area contributed by atoms with Gasteiger partial charge < -0.3 is 26.0 Å². The van der Waals surface area contributed by atoms with Gasteiger partial charge in [0.2, 0.25) is 0 Å². The van der Waals surface area contributed by atoms with Crippen molar-refractivity contribution in [3.8, 4) is 11.5 Å². The lowest BCUT2D eigenvalue weighted by Gasteiger charge is -2.23. The van der Waals surface area contributed by atoms with Gasteiger partial charge in [-0.3, -0.25) is 4.79 Å². The van der Waals surface area contributed by atoms with Crippen molar-refractivity contribution >= 4 is 17.5 Å². The van der Waals surface area contributed by atoms with E-state index in [0.717, 1.165) is 0 Å². The first-order valence-electron chi connectivity index (χ1n) is 6.50. The van der Waals surface area contributed by atoms with Crippen LogP contribution in [0.1, 0.15) is 25.5 Å². The van der Waals surface area contributed by atoms with Gasteiger partial charge in [0.25, 0.3) is 5.91 Å². The van der Waals surface area contributed by atoms with Crippen LogP contribution < -0.4 is 20.9 Å². The summed E-state index contributed by atoms with van der Waals surface area (Å²) in [6.07, 6.45) is -0.887. The Morgan fingerprint density at radius 3 is 2.52 bits per heavy atom. The van der Waals surface area contributed by atoms with Crippen molar-refractivity contribution in [2.45, 2.75) is 26.0 Å². The molecule has 0 spiro atoms. The number of hydrogen-bond donors (Lipinski definition) is 3. The summed E-state index contributed by atoms with van der Waals surface area (Å²) in [5.41, 5.74) is 11.5. The smallest absolute Gasteiger partial charge is 0.255 e. The third kappa shape index (κ3) is 4.49. The summed E-state index contributed by atoms with van der Waals surface area (Å²) in [4.78, 5) is 10.8. The second-order valence-electron chi connectivity index (χ2n) is 5.06. The molecule has 0 aliphatic heterocycles. The molecule has 6 nitrogen and oxygen atoms in total. The van der Waals surface area contributed by atoms with Gasteiger partial charge in [-0.05, 0) is 23.6 Å². The van der Waals surface area contributed by atoms with Crippen LogP contribution in [0.3, 0.4) is 0 Å². The maximum absolute atomic E-state index is 10.8. The Bertz CT molecular complexity index is 508. The van der Waals surface area contributed by atoms with E-state index in [1.807, 2.05) is 13.8 Å². The Morgan fingerprint density at radius 1 is 1.43 bits per heavy atom. The van der Waals surface area contributed by atoms with Gasteiger partial charge in [-0.25, -0.2) is 0 Å². The molecule has 2 atom stereocenters. The Morgan fingerprint density at radius 2 is 2.05 bits per heavy atom. The minimum absolute atomic E-state index is 0.0931. The number of halogens is 1. The van der Waals surface area contributed by atoms with Gasteiger partial charge in [0.05, 0.1) is 18.2 Å². The van der Waals surface area contributed by atoms with Crippen molar-refractivity contribution < 1.29 is 19.4 Å². The van der Waals surface area contributed by atoms with Crippen LogP contribution >= 0.6 is 11.6 Å². The van der Waals surface area contributed by atoms with Crippen LogP contribution in [0.2, 0.25) is 5.02 Å². The average Bonchev–Trinajstić information content (AvgIpc) is 2.43. The summed E-state index contributed by atoms with van der Waals surface area (Å²) in [6, 6.07) is 2.67. The third-order valence-corrected chi connectivity index (χ3v) is 3.37. The SMILES string of the molecule is COc1cc(C(O)C(N)C(C)C)cc(Cl)c1OCC(N)=O. The normalized spacial score (nSPS) is 13.9. The molecule has 0 fully saturated rings. The van der Waals surface area contributed by atoms with Crippen molar-refractivity contribution in [2.75, 3.05) is 13.7 Å². The van der Waals surface area contributed by atoms with E-state index in [2.05, 4.69) is 0 Å². The maximum Gasteiger partial charge on any atom is 0.255 e. The lowest BCUT2D eigenvalue weighted by atomic mass is 9.94. The number of ether oxygens (including phenoxy) is 2. The number of rotatable bonds is 7. The number of amides is 1. The molecule has 118 valence electrons. The number of aliphatic hydroxyl groups is 1. The maximum atomic E-state index is 10.8. The lowest BCUT2D eigenvalue weighted by molar-refractivity contribution is -0.119. The molecule has 5 N–H and O–H groups in total. The summed E-state index contributed by atoms with van der Waals surface area (Å²) in [5.74, 6) is -0.0320. The average molecular weight is 317 g/mol. The summed E-state index contributed by atoms with van der Waals surface area (Å²) < 4.78 is 10.4. The molecule has 0 radical (unpaired) electrons. The Balaban J connectivity index is 3.11. The fourth-order valence-corrected chi connectivity index (χ4v) is 2.05. The molecule has 2 unspecified atom stereocenters. The van der Waals surface area contributed by atoms with Gasteiger partial charge in [-0.2, -0.15) is 0 Å². The largest absolute Gasteiger partial charge is 0.493 e. The van der Waals surface area contributed by atoms with Crippen molar-refractivity contribution in [1.29, 1.82) is 0 Å². The van der Waals surface area contributed by atoms with E-state index in [4.69, 9.17) is 32.5 Å². The zero-order valence-electron chi connectivity index (χ0n) is 12.3. The number of methoxy groups -OCH3 is 1. The molecule has 0 aliphatic rings.